The number of rotatable bonds is 10. The molecule has 0 aromatic heterocycles. The molecule has 0 aliphatic carbocycles. The van der Waals surface area contributed by atoms with Crippen molar-refractivity contribution in [1.29, 1.82) is 10.5 Å². The minimum atomic E-state index is -0.464. The molecule has 0 aliphatic heterocycles. The highest BCUT2D eigenvalue weighted by Gasteiger charge is 2.10. The molecule has 2 rings (SSSR count). The fourth-order valence-electron chi connectivity index (χ4n) is 2.81. The minimum Gasteiger partial charge on any atom is -0.351 e. The fourth-order valence-corrected chi connectivity index (χ4v) is 3.19. The molecule has 168 valence electrons. The maximum Gasteiger partial charge on any atom is 0.261 e. The molecule has 0 saturated heterocycles. The van der Waals surface area contributed by atoms with Crippen LogP contribution in [-0.4, -0.2) is 24.9 Å². The molecule has 0 bridgehead atoms. The predicted octanol–water partition coefficient (Wildman–Crippen LogP) is 4.91. The molecule has 0 radical (unpaired) electrons. The van der Waals surface area contributed by atoms with Gasteiger partial charge in [-0.3, -0.25) is 9.59 Å². The van der Waals surface area contributed by atoms with Crippen LogP contribution in [0.2, 0.25) is 10.0 Å². The van der Waals surface area contributed by atoms with E-state index in [0.29, 0.717) is 47.1 Å². The summed E-state index contributed by atoms with van der Waals surface area (Å²) in [7, 11) is 0. The van der Waals surface area contributed by atoms with Gasteiger partial charge < -0.3 is 10.6 Å². The van der Waals surface area contributed by atoms with Gasteiger partial charge in [-0.15, -0.1) is 0 Å². The third-order valence-corrected chi connectivity index (χ3v) is 5.25. The Bertz CT molecular complexity index is 1050. The van der Waals surface area contributed by atoms with Crippen LogP contribution in [0.4, 0.5) is 0 Å². The topological polar surface area (TPSA) is 106 Å². The minimum absolute atomic E-state index is 0.0234. The Hall–Kier alpha value is -3.58. The number of benzene rings is 2. The van der Waals surface area contributed by atoms with Crippen LogP contribution in [0, 0.1) is 22.7 Å². The molecule has 0 aliphatic rings. The van der Waals surface area contributed by atoms with Crippen molar-refractivity contribution >= 4 is 47.2 Å². The van der Waals surface area contributed by atoms with Crippen molar-refractivity contribution in [1.82, 2.24) is 10.6 Å². The molecule has 0 saturated carbocycles. The van der Waals surface area contributed by atoms with Crippen molar-refractivity contribution in [3.8, 4) is 12.1 Å². The molecule has 2 amide bonds. The van der Waals surface area contributed by atoms with E-state index in [2.05, 4.69) is 10.6 Å². The van der Waals surface area contributed by atoms with Crippen LogP contribution in [0.15, 0.2) is 59.7 Å². The van der Waals surface area contributed by atoms with Crippen LogP contribution in [0.5, 0.6) is 0 Å². The Morgan fingerprint density at radius 2 is 1.12 bits per heavy atom. The van der Waals surface area contributed by atoms with Crippen molar-refractivity contribution in [2.24, 2.45) is 0 Å². The quantitative estimate of drug-likeness (QED) is 0.286. The van der Waals surface area contributed by atoms with E-state index < -0.39 is 11.8 Å². The Balaban J connectivity index is 1.72. The average Bonchev–Trinajstić information content (AvgIpc) is 2.82. The summed E-state index contributed by atoms with van der Waals surface area (Å²) in [6.07, 6.45) is 5.00. The lowest BCUT2D eigenvalue weighted by Gasteiger charge is -2.06. The van der Waals surface area contributed by atoms with E-state index in [0.717, 1.165) is 6.42 Å². The van der Waals surface area contributed by atoms with E-state index in [-0.39, 0.29) is 11.1 Å². The largest absolute Gasteiger partial charge is 0.351 e. The van der Waals surface area contributed by atoms with Gasteiger partial charge in [-0.1, -0.05) is 59.6 Å². The molecule has 8 heteroatoms. The summed E-state index contributed by atoms with van der Waals surface area (Å²) in [5.41, 5.74) is 1.15. The lowest BCUT2D eigenvalue weighted by molar-refractivity contribution is -0.117. The van der Waals surface area contributed by atoms with Gasteiger partial charge in [0, 0.05) is 23.1 Å². The summed E-state index contributed by atoms with van der Waals surface area (Å²) in [6, 6.07) is 17.7. The number of hydrogen-bond donors (Lipinski definition) is 2. The van der Waals surface area contributed by atoms with Gasteiger partial charge in [0.2, 0.25) is 0 Å². The standard InChI is InChI=1S/C25H22Cl2N4O2/c26-22-10-4-2-8-18(22)14-20(16-28)24(32)30-12-6-1-7-13-31-25(33)21(17-29)15-19-9-3-5-11-23(19)27/h2-5,8-11,14-15H,1,6-7,12-13H2,(H,30,32)(H,31,33)/b20-14+,21-15+. The highest BCUT2D eigenvalue weighted by molar-refractivity contribution is 6.32. The highest BCUT2D eigenvalue weighted by atomic mass is 35.5. The smallest absolute Gasteiger partial charge is 0.261 e. The number of hydrogen-bond acceptors (Lipinski definition) is 4. The second-order valence-corrected chi connectivity index (χ2v) is 7.77. The number of carbonyl (C=O) groups excluding carboxylic acids is 2. The summed E-state index contributed by atoms with van der Waals surface area (Å²) in [5, 5.41) is 24.8. The number of nitrogens with zero attached hydrogens (tertiary/aromatic N) is 2. The van der Waals surface area contributed by atoms with Gasteiger partial charge in [0.1, 0.15) is 23.3 Å². The summed E-state index contributed by atoms with van der Waals surface area (Å²) < 4.78 is 0. The van der Waals surface area contributed by atoms with E-state index >= 15 is 0 Å². The second kappa shape index (κ2) is 13.8. The molecule has 2 aromatic carbocycles. The molecule has 0 unspecified atom stereocenters. The van der Waals surface area contributed by atoms with Crippen molar-refractivity contribution in [3.05, 3.63) is 80.8 Å². The monoisotopic (exact) mass is 480 g/mol. The molecular weight excluding hydrogens is 459 g/mol. The molecule has 33 heavy (non-hydrogen) atoms. The summed E-state index contributed by atoms with van der Waals surface area (Å²) in [5.74, 6) is -0.928. The van der Waals surface area contributed by atoms with Crippen LogP contribution in [0.25, 0.3) is 12.2 Å². The zero-order valence-electron chi connectivity index (χ0n) is 17.8. The number of nitrogens with one attached hydrogen (secondary N) is 2. The summed E-state index contributed by atoms with van der Waals surface area (Å²) >= 11 is 12.1. The van der Waals surface area contributed by atoms with E-state index in [1.807, 2.05) is 12.1 Å². The normalized spacial score (nSPS) is 11.3. The number of carbonyl (C=O) groups is 2. The van der Waals surface area contributed by atoms with Crippen molar-refractivity contribution in [2.45, 2.75) is 19.3 Å². The highest BCUT2D eigenvalue weighted by Crippen LogP contribution is 2.19. The van der Waals surface area contributed by atoms with Gasteiger partial charge >= 0.3 is 0 Å². The van der Waals surface area contributed by atoms with Gasteiger partial charge in [0.05, 0.1) is 0 Å². The van der Waals surface area contributed by atoms with Crippen molar-refractivity contribution < 1.29 is 9.59 Å². The third-order valence-electron chi connectivity index (χ3n) is 4.56. The lowest BCUT2D eigenvalue weighted by atomic mass is 10.1. The molecule has 6 nitrogen and oxygen atoms in total. The van der Waals surface area contributed by atoms with Crippen LogP contribution >= 0.6 is 23.2 Å². The fraction of sp³-hybridized carbons (Fsp3) is 0.200. The van der Waals surface area contributed by atoms with E-state index in [4.69, 9.17) is 23.2 Å². The first-order chi connectivity index (χ1) is 16.0. The number of halogens is 2. The first-order valence-corrected chi connectivity index (χ1v) is 11.0. The molecule has 0 fully saturated rings. The van der Waals surface area contributed by atoms with E-state index in [9.17, 15) is 20.1 Å². The van der Waals surface area contributed by atoms with Gasteiger partial charge in [-0.25, -0.2) is 0 Å². The predicted molar refractivity (Wildman–Crippen MR) is 130 cm³/mol. The number of nitriles is 2. The maximum atomic E-state index is 12.2. The molecule has 2 aromatic rings. The summed E-state index contributed by atoms with van der Waals surface area (Å²) in [6.45, 7) is 0.786. The SMILES string of the molecule is N#C/C(=C\c1ccccc1Cl)C(=O)NCCCCCNC(=O)/C(C#N)=C/c1ccccc1Cl. The maximum absolute atomic E-state index is 12.2. The van der Waals surface area contributed by atoms with Crippen LogP contribution in [0.1, 0.15) is 30.4 Å². The zero-order valence-corrected chi connectivity index (χ0v) is 19.3. The number of amides is 2. The Morgan fingerprint density at radius 3 is 1.48 bits per heavy atom. The van der Waals surface area contributed by atoms with Crippen LogP contribution < -0.4 is 10.6 Å². The Morgan fingerprint density at radius 1 is 0.727 bits per heavy atom. The zero-order chi connectivity index (χ0) is 24.1. The molecule has 0 heterocycles. The van der Waals surface area contributed by atoms with E-state index in [1.165, 1.54) is 12.2 Å². The Labute approximate surface area is 203 Å². The van der Waals surface area contributed by atoms with Crippen LogP contribution in [-0.2, 0) is 9.59 Å². The van der Waals surface area contributed by atoms with E-state index in [1.54, 1.807) is 48.5 Å². The van der Waals surface area contributed by atoms with Gasteiger partial charge in [-0.05, 0) is 54.7 Å². The van der Waals surface area contributed by atoms with Crippen LogP contribution in [0.3, 0.4) is 0 Å². The lowest BCUT2D eigenvalue weighted by Crippen LogP contribution is -2.27. The van der Waals surface area contributed by atoms with Gasteiger partial charge in [0.15, 0.2) is 0 Å². The van der Waals surface area contributed by atoms with Gasteiger partial charge in [0.25, 0.3) is 11.8 Å². The Kier molecular flexibility index (Phi) is 10.7. The number of unbranched alkanes of at least 4 members (excludes halogenated alkanes) is 2. The summed E-state index contributed by atoms with van der Waals surface area (Å²) in [4.78, 5) is 24.4. The average molecular weight is 481 g/mol. The second-order valence-electron chi connectivity index (χ2n) is 6.96. The molecular formula is C25H22Cl2N4O2. The molecule has 0 spiro atoms. The molecule has 0 atom stereocenters. The first kappa shape index (κ1) is 25.7. The van der Waals surface area contributed by atoms with Crippen molar-refractivity contribution in [3.63, 3.8) is 0 Å². The van der Waals surface area contributed by atoms with Crippen molar-refractivity contribution in [2.75, 3.05) is 13.1 Å². The third kappa shape index (κ3) is 8.46. The first-order valence-electron chi connectivity index (χ1n) is 10.2. The van der Waals surface area contributed by atoms with Gasteiger partial charge in [-0.2, -0.15) is 10.5 Å². The molecule has 2 N–H and O–H groups in total.